The highest BCUT2D eigenvalue weighted by Crippen LogP contribution is 2.41. The monoisotopic (exact) mass is 320 g/mol. The minimum atomic E-state index is -1.71. The summed E-state index contributed by atoms with van der Waals surface area (Å²) in [5.41, 5.74) is 3.86. The van der Waals surface area contributed by atoms with Crippen LogP contribution in [0.1, 0.15) is 24.0 Å². The van der Waals surface area contributed by atoms with E-state index in [4.69, 9.17) is 0 Å². The lowest BCUT2D eigenvalue weighted by molar-refractivity contribution is -0.114. The van der Waals surface area contributed by atoms with Gasteiger partial charge in [0.05, 0.1) is 8.07 Å². The number of aryl methyl sites for hydroxylation is 1. The number of ketones is 1. The molecule has 3 rings (SSSR count). The summed E-state index contributed by atoms with van der Waals surface area (Å²) in [4.78, 5) is 12.5. The van der Waals surface area contributed by atoms with Crippen molar-refractivity contribution in [3.8, 4) is 0 Å². The molecule has 1 nitrogen and oxygen atoms in total. The molecule has 0 spiro atoms. The molecule has 0 aliphatic heterocycles. The number of hydrogen-bond donors (Lipinski definition) is 0. The zero-order chi connectivity index (χ0) is 16.4. The van der Waals surface area contributed by atoms with Gasteiger partial charge < -0.3 is 0 Å². The molecule has 1 saturated carbocycles. The van der Waals surface area contributed by atoms with Crippen LogP contribution in [-0.2, 0) is 4.79 Å². The van der Waals surface area contributed by atoms with Crippen LogP contribution in [0.15, 0.2) is 60.2 Å². The van der Waals surface area contributed by atoms with E-state index < -0.39 is 8.07 Å². The van der Waals surface area contributed by atoms with Gasteiger partial charge in [0.15, 0.2) is 5.78 Å². The zero-order valence-corrected chi connectivity index (χ0v) is 15.2. The van der Waals surface area contributed by atoms with Gasteiger partial charge in [-0.05, 0) is 36.1 Å². The molecule has 1 aliphatic carbocycles. The summed E-state index contributed by atoms with van der Waals surface area (Å²) in [7, 11) is -1.71. The first-order valence-corrected chi connectivity index (χ1v) is 11.4. The second-order valence-corrected chi connectivity index (χ2v) is 11.8. The lowest BCUT2D eigenvalue weighted by Crippen LogP contribution is -2.45. The molecule has 2 aromatic carbocycles. The van der Waals surface area contributed by atoms with Gasteiger partial charge in [-0.15, -0.1) is 0 Å². The van der Waals surface area contributed by atoms with Crippen LogP contribution in [0.4, 0.5) is 0 Å². The minimum Gasteiger partial charge on any atom is -0.295 e. The number of carbonyl (C=O) groups is 1. The Labute approximate surface area is 140 Å². The fourth-order valence-corrected chi connectivity index (χ4v) is 6.95. The van der Waals surface area contributed by atoms with Crippen molar-refractivity contribution < 1.29 is 4.79 Å². The second-order valence-electron chi connectivity index (χ2n) is 7.11. The predicted molar refractivity (Wildman–Crippen MR) is 101 cm³/mol. The van der Waals surface area contributed by atoms with E-state index in [2.05, 4.69) is 80.7 Å². The van der Waals surface area contributed by atoms with Crippen molar-refractivity contribution in [2.24, 2.45) is 0 Å². The second kappa shape index (κ2) is 6.29. The van der Waals surface area contributed by atoms with Gasteiger partial charge in [-0.1, -0.05) is 78.4 Å². The van der Waals surface area contributed by atoms with Crippen LogP contribution in [0.2, 0.25) is 18.6 Å². The van der Waals surface area contributed by atoms with Crippen LogP contribution in [0.5, 0.6) is 0 Å². The molecule has 1 unspecified atom stereocenters. The first-order chi connectivity index (χ1) is 11.0. The Morgan fingerprint density at radius 1 is 1.00 bits per heavy atom. The van der Waals surface area contributed by atoms with Crippen LogP contribution in [0.25, 0.3) is 6.08 Å². The molecule has 0 N–H and O–H groups in total. The summed E-state index contributed by atoms with van der Waals surface area (Å²) in [6, 6.07) is 19.2. The van der Waals surface area contributed by atoms with Gasteiger partial charge >= 0.3 is 0 Å². The van der Waals surface area contributed by atoms with Gasteiger partial charge in [-0.2, -0.15) is 0 Å². The fourth-order valence-electron chi connectivity index (χ4n) is 3.61. The van der Waals surface area contributed by atoms with Gasteiger partial charge in [0.1, 0.15) is 0 Å². The quantitative estimate of drug-likeness (QED) is 0.590. The van der Waals surface area contributed by atoms with Crippen molar-refractivity contribution in [3.05, 3.63) is 71.3 Å². The number of benzene rings is 2. The highest BCUT2D eigenvalue weighted by atomic mass is 28.3. The summed E-state index contributed by atoms with van der Waals surface area (Å²) in [5, 5.41) is 1.44. The van der Waals surface area contributed by atoms with Gasteiger partial charge in [-0.3, -0.25) is 4.79 Å². The summed E-state index contributed by atoms with van der Waals surface area (Å²) in [6.45, 7) is 6.88. The Hall–Kier alpha value is -1.93. The van der Waals surface area contributed by atoms with Crippen LogP contribution in [0.3, 0.4) is 0 Å². The number of rotatable bonds is 3. The van der Waals surface area contributed by atoms with E-state index in [1.54, 1.807) is 0 Å². The molecule has 0 bridgehead atoms. The van der Waals surface area contributed by atoms with E-state index in [0.717, 1.165) is 17.6 Å². The Morgan fingerprint density at radius 2 is 1.65 bits per heavy atom. The molecule has 2 aromatic rings. The Morgan fingerprint density at radius 3 is 2.30 bits per heavy atom. The number of allylic oxidation sites excluding steroid dienone is 1. The largest absolute Gasteiger partial charge is 0.295 e. The highest BCUT2D eigenvalue weighted by Gasteiger charge is 2.41. The average Bonchev–Trinajstić information content (AvgIpc) is 2.92. The van der Waals surface area contributed by atoms with E-state index >= 15 is 0 Å². The van der Waals surface area contributed by atoms with Crippen LogP contribution in [0, 0.1) is 6.92 Å². The molecule has 2 heteroatoms. The molecule has 23 heavy (non-hydrogen) atoms. The van der Waals surface area contributed by atoms with Crippen LogP contribution >= 0.6 is 0 Å². The molecule has 118 valence electrons. The third kappa shape index (κ3) is 3.23. The van der Waals surface area contributed by atoms with Crippen LogP contribution in [-0.4, -0.2) is 13.9 Å². The van der Waals surface area contributed by atoms with Crippen LogP contribution < -0.4 is 5.19 Å². The van der Waals surface area contributed by atoms with Crippen molar-refractivity contribution in [1.29, 1.82) is 0 Å². The van der Waals surface area contributed by atoms with E-state index in [1.165, 1.54) is 10.8 Å². The van der Waals surface area contributed by atoms with Crippen molar-refractivity contribution in [2.75, 3.05) is 0 Å². The topological polar surface area (TPSA) is 17.1 Å². The molecule has 0 heterocycles. The lowest BCUT2D eigenvalue weighted by atomic mass is 10.1. The highest BCUT2D eigenvalue weighted by molar-refractivity contribution is 6.92. The maximum absolute atomic E-state index is 12.5. The SMILES string of the molecule is Cc1ccc(/C=C2/C(=O)CCC2[Si](C)(C)c2ccccc2)cc1. The molecule has 0 radical (unpaired) electrons. The van der Waals surface area contributed by atoms with E-state index in [0.29, 0.717) is 17.7 Å². The average molecular weight is 321 g/mol. The van der Waals surface area contributed by atoms with Crippen molar-refractivity contribution in [3.63, 3.8) is 0 Å². The summed E-state index contributed by atoms with van der Waals surface area (Å²) in [6.07, 6.45) is 3.84. The minimum absolute atomic E-state index is 0.340. The molecule has 0 amide bonds. The molecular formula is C21H24OSi. The maximum Gasteiger partial charge on any atom is 0.158 e. The molecular weight excluding hydrogens is 296 g/mol. The van der Waals surface area contributed by atoms with Crippen molar-refractivity contribution in [2.45, 2.75) is 38.4 Å². The Balaban J connectivity index is 1.98. The third-order valence-corrected chi connectivity index (χ3v) is 9.31. The zero-order valence-electron chi connectivity index (χ0n) is 14.2. The summed E-state index contributed by atoms with van der Waals surface area (Å²) in [5.74, 6) is 0.340. The summed E-state index contributed by atoms with van der Waals surface area (Å²) < 4.78 is 0. The van der Waals surface area contributed by atoms with E-state index in [1.807, 2.05) is 0 Å². The Bertz CT molecular complexity index is 726. The van der Waals surface area contributed by atoms with Crippen molar-refractivity contribution in [1.82, 2.24) is 0 Å². The van der Waals surface area contributed by atoms with Gasteiger partial charge in [0, 0.05) is 6.42 Å². The van der Waals surface area contributed by atoms with Gasteiger partial charge in [-0.25, -0.2) is 0 Å². The fraction of sp³-hybridized carbons (Fsp3) is 0.286. The molecule has 1 fully saturated rings. The maximum atomic E-state index is 12.5. The first-order valence-electron chi connectivity index (χ1n) is 8.35. The molecule has 0 saturated heterocycles. The predicted octanol–water partition coefficient (Wildman–Crippen LogP) is 4.73. The van der Waals surface area contributed by atoms with Crippen molar-refractivity contribution >= 4 is 25.1 Å². The number of carbonyl (C=O) groups excluding carboxylic acids is 1. The molecule has 0 aromatic heterocycles. The normalized spacial score (nSPS) is 20.2. The molecule has 1 atom stereocenters. The van der Waals surface area contributed by atoms with E-state index in [-0.39, 0.29) is 0 Å². The number of hydrogen-bond acceptors (Lipinski definition) is 1. The Kier molecular flexibility index (Phi) is 4.36. The lowest BCUT2D eigenvalue weighted by Gasteiger charge is -2.30. The molecule has 1 aliphatic rings. The summed E-state index contributed by atoms with van der Waals surface area (Å²) >= 11 is 0. The van der Waals surface area contributed by atoms with Gasteiger partial charge in [0.25, 0.3) is 0 Å². The first kappa shape index (κ1) is 15.9. The standard InChI is InChI=1S/C21H24OSi/c1-16-9-11-17(12-10-16)15-19-20(22)13-14-21(19)23(2,3)18-7-5-4-6-8-18/h4-12,15,21H,13-14H2,1-3H3/b19-15-. The third-order valence-electron chi connectivity index (χ3n) is 5.15. The van der Waals surface area contributed by atoms with E-state index in [9.17, 15) is 4.79 Å². The smallest absolute Gasteiger partial charge is 0.158 e. The van der Waals surface area contributed by atoms with Gasteiger partial charge in [0.2, 0.25) is 0 Å². The number of Topliss-reactive ketones (excluding diaryl/α,β-unsaturated/α-hetero) is 1.